The summed E-state index contributed by atoms with van der Waals surface area (Å²) in [6, 6.07) is 6.08. The van der Waals surface area contributed by atoms with Crippen molar-refractivity contribution in [1.82, 2.24) is 4.98 Å². The molecule has 1 unspecified atom stereocenters. The normalized spacial score (nSPS) is 21.9. The zero-order valence-electron chi connectivity index (χ0n) is 11.0. The van der Waals surface area contributed by atoms with Gasteiger partial charge >= 0.3 is 0 Å². The van der Waals surface area contributed by atoms with E-state index in [2.05, 4.69) is 22.4 Å². The molecule has 3 rings (SSSR count). The summed E-state index contributed by atoms with van der Waals surface area (Å²) >= 11 is 0. The summed E-state index contributed by atoms with van der Waals surface area (Å²) in [6.07, 6.45) is 6.07. The summed E-state index contributed by atoms with van der Waals surface area (Å²) in [4.78, 5) is 3.31. The minimum absolute atomic E-state index is 0.431. The SMILES string of the molecule is COc1ccc2[nH]cc(C3CCCC(=NO)C3)c2c1. The molecule has 4 nitrogen and oxygen atoms in total. The molecule has 1 aromatic heterocycles. The van der Waals surface area contributed by atoms with Crippen molar-refractivity contribution < 1.29 is 9.94 Å². The first-order valence-corrected chi connectivity index (χ1v) is 6.66. The fraction of sp³-hybridized carbons (Fsp3) is 0.400. The van der Waals surface area contributed by atoms with E-state index in [0.29, 0.717) is 5.92 Å². The molecule has 0 radical (unpaired) electrons. The molecule has 19 heavy (non-hydrogen) atoms. The third-order valence-electron chi connectivity index (χ3n) is 4.00. The Morgan fingerprint density at radius 1 is 1.42 bits per heavy atom. The Labute approximate surface area is 112 Å². The predicted octanol–water partition coefficient (Wildman–Crippen LogP) is 3.66. The van der Waals surface area contributed by atoms with Crippen molar-refractivity contribution in [3.05, 3.63) is 30.0 Å². The first kappa shape index (κ1) is 12.1. The van der Waals surface area contributed by atoms with Gasteiger partial charge in [0.1, 0.15) is 5.75 Å². The molecule has 2 N–H and O–H groups in total. The van der Waals surface area contributed by atoms with E-state index < -0.39 is 0 Å². The first-order chi connectivity index (χ1) is 9.31. The largest absolute Gasteiger partial charge is 0.497 e. The quantitative estimate of drug-likeness (QED) is 0.638. The lowest BCUT2D eigenvalue weighted by Crippen LogP contribution is -2.13. The lowest BCUT2D eigenvalue weighted by Gasteiger charge is -2.22. The Hall–Kier alpha value is -1.97. The monoisotopic (exact) mass is 258 g/mol. The van der Waals surface area contributed by atoms with Gasteiger partial charge in [0.2, 0.25) is 0 Å². The molecule has 2 aromatic rings. The number of nitrogens with zero attached hydrogens (tertiary/aromatic N) is 1. The number of benzene rings is 1. The molecule has 1 fully saturated rings. The van der Waals surface area contributed by atoms with Gasteiger partial charge in [0, 0.05) is 17.1 Å². The average Bonchev–Trinajstić information content (AvgIpc) is 2.90. The smallest absolute Gasteiger partial charge is 0.119 e. The highest BCUT2D eigenvalue weighted by molar-refractivity contribution is 5.89. The Bertz CT molecular complexity index is 616. The molecule has 1 atom stereocenters. The van der Waals surface area contributed by atoms with Crippen molar-refractivity contribution in [2.75, 3.05) is 7.11 Å². The van der Waals surface area contributed by atoms with E-state index in [9.17, 15) is 0 Å². The van der Waals surface area contributed by atoms with Gasteiger partial charge in [0.05, 0.1) is 12.8 Å². The summed E-state index contributed by atoms with van der Waals surface area (Å²) in [5.41, 5.74) is 3.34. The molecule has 0 bridgehead atoms. The molecule has 100 valence electrons. The highest BCUT2D eigenvalue weighted by Gasteiger charge is 2.22. The van der Waals surface area contributed by atoms with Gasteiger partial charge in [-0.25, -0.2) is 0 Å². The lowest BCUT2D eigenvalue weighted by atomic mass is 9.83. The Balaban J connectivity index is 1.99. The molecule has 1 heterocycles. The lowest BCUT2D eigenvalue weighted by molar-refractivity contribution is 0.313. The van der Waals surface area contributed by atoms with Crippen LogP contribution in [0.5, 0.6) is 5.75 Å². The topological polar surface area (TPSA) is 57.6 Å². The maximum Gasteiger partial charge on any atom is 0.119 e. The van der Waals surface area contributed by atoms with Crippen molar-refractivity contribution in [2.45, 2.75) is 31.6 Å². The second-order valence-electron chi connectivity index (χ2n) is 5.12. The number of aromatic amines is 1. The average molecular weight is 258 g/mol. The molecule has 1 aliphatic rings. The minimum atomic E-state index is 0.431. The van der Waals surface area contributed by atoms with Crippen LogP contribution in [-0.4, -0.2) is 23.0 Å². The molecule has 4 heteroatoms. The van der Waals surface area contributed by atoms with Crippen LogP contribution in [-0.2, 0) is 0 Å². The summed E-state index contributed by atoms with van der Waals surface area (Å²) in [5, 5.41) is 13.6. The number of aromatic nitrogens is 1. The highest BCUT2D eigenvalue weighted by atomic mass is 16.5. The van der Waals surface area contributed by atoms with E-state index in [-0.39, 0.29) is 0 Å². The van der Waals surface area contributed by atoms with Crippen LogP contribution in [0.15, 0.2) is 29.6 Å². The minimum Gasteiger partial charge on any atom is -0.497 e. The molecule has 0 aliphatic heterocycles. The molecule has 0 amide bonds. The van der Waals surface area contributed by atoms with E-state index in [0.717, 1.165) is 42.7 Å². The van der Waals surface area contributed by atoms with Crippen molar-refractivity contribution in [3.8, 4) is 5.75 Å². The maximum absolute atomic E-state index is 8.96. The van der Waals surface area contributed by atoms with E-state index >= 15 is 0 Å². The van der Waals surface area contributed by atoms with Gasteiger partial charge in [-0.3, -0.25) is 0 Å². The van der Waals surface area contributed by atoms with Crippen molar-refractivity contribution >= 4 is 16.6 Å². The van der Waals surface area contributed by atoms with Crippen molar-refractivity contribution in [2.24, 2.45) is 5.16 Å². The van der Waals surface area contributed by atoms with Gasteiger partial charge in [-0.05, 0) is 55.4 Å². The van der Waals surface area contributed by atoms with Gasteiger partial charge < -0.3 is 14.9 Å². The summed E-state index contributed by atoms with van der Waals surface area (Å²) < 4.78 is 5.30. The Kier molecular flexibility index (Phi) is 3.15. The van der Waals surface area contributed by atoms with Crippen LogP contribution < -0.4 is 4.74 Å². The maximum atomic E-state index is 8.96. The van der Waals surface area contributed by atoms with Crippen LogP contribution >= 0.6 is 0 Å². The molecule has 1 aromatic carbocycles. The van der Waals surface area contributed by atoms with Gasteiger partial charge in [0.25, 0.3) is 0 Å². The second kappa shape index (κ2) is 4.96. The number of ether oxygens (including phenoxy) is 1. The summed E-state index contributed by atoms with van der Waals surface area (Å²) in [7, 11) is 1.69. The number of fused-ring (bicyclic) bond motifs is 1. The Morgan fingerprint density at radius 2 is 2.32 bits per heavy atom. The number of methoxy groups -OCH3 is 1. The fourth-order valence-electron chi connectivity index (χ4n) is 2.98. The zero-order valence-corrected chi connectivity index (χ0v) is 11.0. The van der Waals surface area contributed by atoms with Crippen LogP contribution in [0.2, 0.25) is 0 Å². The Morgan fingerprint density at radius 3 is 3.11 bits per heavy atom. The third-order valence-corrected chi connectivity index (χ3v) is 4.00. The molecular formula is C15H18N2O2. The predicted molar refractivity (Wildman–Crippen MR) is 75.3 cm³/mol. The van der Waals surface area contributed by atoms with E-state index in [1.54, 1.807) is 7.11 Å². The van der Waals surface area contributed by atoms with Crippen LogP contribution in [0, 0.1) is 0 Å². The van der Waals surface area contributed by atoms with Gasteiger partial charge in [0.15, 0.2) is 0 Å². The molecular weight excluding hydrogens is 240 g/mol. The highest BCUT2D eigenvalue weighted by Crippen LogP contribution is 2.36. The molecule has 1 aliphatic carbocycles. The summed E-state index contributed by atoms with van der Waals surface area (Å²) in [6.45, 7) is 0. The van der Waals surface area contributed by atoms with Gasteiger partial charge in [-0.2, -0.15) is 0 Å². The van der Waals surface area contributed by atoms with E-state index in [1.807, 2.05) is 12.1 Å². The number of hydrogen-bond donors (Lipinski definition) is 2. The van der Waals surface area contributed by atoms with Crippen LogP contribution in [0.1, 0.15) is 37.2 Å². The number of rotatable bonds is 2. The van der Waals surface area contributed by atoms with Crippen LogP contribution in [0.4, 0.5) is 0 Å². The first-order valence-electron chi connectivity index (χ1n) is 6.66. The number of nitrogens with one attached hydrogen (secondary N) is 1. The van der Waals surface area contributed by atoms with Crippen molar-refractivity contribution in [3.63, 3.8) is 0 Å². The van der Waals surface area contributed by atoms with E-state index in [4.69, 9.17) is 9.94 Å². The number of oxime groups is 1. The molecule has 0 saturated heterocycles. The van der Waals surface area contributed by atoms with Crippen LogP contribution in [0.25, 0.3) is 10.9 Å². The van der Waals surface area contributed by atoms with Crippen molar-refractivity contribution in [1.29, 1.82) is 0 Å². The standard InChI is InChI=1S/C15H18N2O2/c1-19-12-5-6-15-13(8-12)14(9-16-15)10-3-2-4-11(7-10)17-18/h5-6,8-10,16,18H,2-4,7H2,1H3. The zero-order chi connectivity index (χ0) is 13.2. The van der Waals surface area contributed by atoms with Gasteiger partial charge in [-0.1, -0.05) is 5.16 Å². The number of hydrogen-bond acceptors (Lipinski definition) is 3. The van der Waals surface area contributed by atoms with Gasteiger partial charge in [-0.15, -0.1) is 0 Å². The molecule has 1 saturated carbocycles. The fourth-order valence-corrected chi connectivity index (χ4v) is 2.98. The van der Waals surface area contributed by atoms with E-state index in [1.165, 1.54) is 10.9 Å². The van der Waals surface area contributed by atoms with Crippen LogP contribution in [0.3, 0.4) is 0 Å². The third kappa shape index (κ3) is 2.18. The molecule has 0 spiro atoms. The second-order valence-corrected chi connectivity index (χ2v) is 5.12. The number of H-pyrrole nitrogens is 1. The summed E-state index contributed by atoms with van der Waals surface area (Å²) in [5.74, 6) is 1.31.